The summed E-state index contributed by atoms with van der Waals surface area (Å²) in [7, 11) is 1.53. The smallest absolute Gasteiger partial charge is 0.249 e. The van der Waals surface area contributed by atoms with Crippen LogP contribution in [-0.4, -0.2) is 61.7 Å². The van der Waals surface area contributed by atoms with E-state index in [0.29, 0.717) is 25.6 Å². The predicted molar refractivity (Wildman–Crippen MR) is 76.2 cm³/mol. The molecule has 114 valence electrons. The lowest BCUT2D eigenvalue weighted by Gasteiger charge is -2.34. The van der Waals surface area contributed by atoms with E-state index < -0.39 is 0 Å². The highest BCUT2D eigenvalue weighted by Crippen LogP contribution is 2.20. The van der Waals surface area contributed by atoms with Crippen LogP contribution in [-0.2, 0) is 14.3 Å². The molecule has 7 heteroatoms. The number of ether oxygens (including phenoxy) is 2. The Labute approximate surface area is 123 Å². The standard InChI is InChI=1S/C14H19N3O4/c1-3-21-10-14(19)16-6-7-17(13(18)9-16)11-4-5-15-12(8-11)20-2/h4-5,8H,3,6-7,9-10H2,1-2H3. The van der Waals surface area contributed by atoms with E-state index in [-0.39, 0.29) is 25.0 Å². The van der Waals surface area contributed by atoms with Crippen LogP contribution in [0.4, 0.5) is 5.69 Å². The molecular weight excluding hydrogens is 274 g/mol. The molecule has 2 heterocycles. The molecule has 0 saturated carbocycles. The van der Waals surface area contributed by atoms with Gasteiger partial charge in [0, 0.05) is 32.0 Å². The quantitative estimate of drug-likeness (QED) is 0.781. The normalized spacial score (nSPS) is 15.2. The van der Waals surface area contributed by atoms with E-state index >= 15 is 0 Å². The number of hydrogen-bond donors (Lipinski definition) is 0. The summed E-state index contributed by atoms with van der Waals surface area (Å²) in [6, 6.07) is 3.45. The molecule has 0 radical (unpaired) electrons. The zero-order valence-electron chi connectivity index (χ0n) is 12.2. The van der Waals surface area contributed by atoms with Crippen molar-refractivity contribution in [3.63, 3.8) is 0 Å². The van der Waals surface area contributed by atoms with Crippen LogP contribution in [0.2, 0.25) is 0 Å². The van der Waals surface area contributed by atoms with Gasteiger partial charge in [0.15, 0.2) is 0 Å². The fourth-order valence-corrected chi connectivity index (χ4v) is 2.12. The van der Waals surface area contributed by atoms with Crippen molar-refractivity contribution in [3.05, 3.63) is 18.3 Å². The minimum absolute atomic E-state index is 0.0207. The molecule has 1 fully saturated rings. The molecule has 0 N–H and O–H groups in total. The van der Waals surface area contributed by atoms with E-state index in [2.05, 4.69) is 4.98 Å². The lowest BCUT2D eigenvalue weighted by molar-refractivity contribution is -0.140. The number of piperazine rings is 1. The molecule has 1 aliphatic rings. The Balaban J connectivity index is 2.00. The molecule has 1 aliphatic heterocycles. The summed E-state index contributed by atoms with van der Waals surface area (Å²) in [6.07, 6.45) is 1.59. The largest absolute Gasteiger partial charge is 0.481 e. The second-order valence-corrected chi connectivity index (χ2v) is 4.55. The molecule has 0 unspecified atom stereocenters. The summed E-state index contributed by atoms with van der Waals surface area (Å²) >= 11 is 0. The summed E-state index contributed by atoms with van der Waals surface area (Å²) in [5, 5.41) is 0. The fraction of sp³-hybridized carbons (Fsp3) is 0.500. The molecule has 1 saturated heterocycles. The van der Waals surface area contributed by atoms with Gasteiger partial charge in [-0.15, -0.1) is 0 Å². The third-order valence-electron chi connectivity index (χ3n) is 3.24. The van der Waals surface area contributed by atoms with Gasteiger partial charge in [-0.2, -0.15) is 0 Å². The maximum absolute atomic E-state index is 12.2. The summed E-state index contributed by atoms with van der Waals surface area (Å²) in [5.74, 6) is 0.173. The van der Waals surface area contributed by atoms with Crippen LogP contribution in [0, 0.1) is 0 Å². The van der Waals surface area contributed by atoms with Gasteiger partial charge < -0.3 is 19.3 Å². The second kappa shape index (κ2) is 7.03. The zero-order chi connectivity index (χ0) is 15.2. The minimum atomic E-state index is -0.155. The average Bonchev–Trinajstić information content (AvgIpc) is 2.52. The van der Waals surface area contributed by atoms with E-state index in [4.69, 9.17) is 9.47 Å². The van der Waals surface area contributed by atoms with Crippen LogP contribution in [0.15, 0.2) is 18.3 Å². The number of aromatic nitrogens is 1. The van der Waals surface area contributed by atoms with Gasteiger partial charge in [0.1, 0.15) is 13.2 Å². The van der Waals surface area contributed by atoms with E-state index in [0.717, 1.165) is 5.69 Å². The number of hydrogen-bond acceptors (Lipinski definition) is 5. The zero-order valence-corrected chi connectivity index (χ0v) is 12.2. The number of carbonyl (C=O) groups excluding carboxylic acids is 2. The van der Waals surface area contributed by atoms with E-state index in [9.17, 15) is 9.59 Å². The topological polar surface area (TPSA) is 72.0 Å². The molecule has 0 atom stereocenters. The number of nitrogens with zero attached hydrogens (tertiary/aromatic N) is 3. The van der Waals surface area contributed by atoms with Crippen LogP contribution in [0.5, 0.6) is 5.88 Å². The highest BCUT2D eigenvalue weighted by Gasteiger charge is 2.28. The number of amides is 2. The van der Waals surface area contributed by atoms with Gasteiger partial charge in [0.25, 0.3) is 0 Å². The molecule has 21 heavy (non-hydrogen) atoms. The minimum Gasteiger partial charge on any atom is -0.481 e. The van der Waals surface area contributed by atoms with Crippen molar-refractivity contribution in [1.29, 1.82) is 0 Å². The van der Waals surface area contributed by atoms with Crippen molar-refractivity contribution in [2.45, 2.75) is 6.92 Å². The van der Waals surface area contributed by atoms with Crippen LogP contribution < -0.4 is 9.64 Å². The first-order valence-electron chi connectivity index (χ1n) is 6.81. The molecular formula is C14H19N3O4. The maximum atomic E-state index is 12.2. The average molecular weight is 293 g/mol. The van der Waals surface area contributed by atoms with Crippen molar-refractivity contribution in [2.75, 3.05) is 44.9 Å². The molecule has 7 nitrogen and oxygen atoms in total. The SMILES string of the molecule is CCOCC(=O)N1CCN(c2ccnc(OC)c2)C(=O)C1. The predicted octanol–water partition coefficient (Wildman–Crippen LogP) is 0.302. The first kappa shape index (κ1) is 15.2. The van der Waals surface area contributed by atoms with Gasteiger partial charge in [-0.05, 0) is 13.0 Å². The summed E-state index contributed by atoms with van der Waals surface area (Å²) in [4.78, 5) is 31.2. The summed E-state index contributed by atoms with van der Waals surface area (Å²) in [6.45, 7) is 3.33. The molecule has 0 aromatic carbocycles. The van der Waals surface area contributed by atoms with Crippen LogP contribution in [0.25, 0.3) is 0 Å². The number of methoxy groups -OCH3 is 1. The lowest BCUT2D eigenvalue weighted by atomic mass is 10.2. The Hall–Kier alpha value is -2.15. The highest BCUT2D eigenvalue weighted by molar-refractivity contribution is 5.98. The van der Waals surface area contributed by atoms with Crippen molar-refractivity contribution in [3.8, 4) is 5.88 Å². The fourth-order valence-electron chi connectivity index (χ4n) is 2.12. The van der Waals surface area contributed by atoms with Gasteiger partial charge in [-0.3, -0.25) is 9.59 Å². The molecule has 0 bridgehead atoms. The number of anilines is 1. The third kappa shape index (κ3) is 3.69. The van der Waals surface area contributed by atoms with Crippen molar-refractivity contribution < 1.29 is 19.1 Å². The number of pyridine rings is 1. The van der Waals surface area contributed by atoms with Gasteiger partial charge in [-0.1, -0.05) is 0 Å². The Morgan fingerprint density at radius 2 is 2.24 bits per heavy atom. The molecule has 1 aromatic rings. The summed E-state index contributed by atoms with van der Waals surface area (Å²) < 4.78 is 10.1. The molecule has 1 aromatic heterocycles. The molecule has 2 rings (SSSR count). The van der Waals surface area contributed by atoms with Gasteiger partial charge in [-0.25, -0.2) is 4.98 Å². The van der Waals surface area contributed by atoms with E-state index in [1.807, 2.05) is 6.92 Å². The molecule has 2 amide bonds. The summed E-state index contributed by atoms with van der Waals surface area (Å²) in [5.41, 5.74) is 0.726. The van der Waals surface area contributed by atoms with Gasteiger partial charge in [0.05, 0.1) is 12.8 Å². The van der Waals surface area contributed by atoms with Crippen molar-refractivity contribution in [2.24, 2.45) is 0 Å². The second-order valence-electron chi connectivity index (χ2n) is 4.55. The number of carbonyl (C=O) groups is 2. The first-order chi connectivity index (χ1) is 10.2. The van der Waals surface area contributed by atoms with Crippen LogP contribution in [0.3, 0.4) is 0 Å². The lowest BCUT2D eigenvalue weighted by Crippen LogP contribution is -2.53. The maximum Gasteiger partial charge on any atom is 0.249 e. The Morgan fingerprint density at radius 1 is 1.43 bits per heavy atom. The first-order valence-corrected chi connectivity index (χ1v) is 6.81. The Morgan fingerprint density at radius 3 is 2.90 bits per heavy atom. The number of rotatable bonds is 5. The third-order valence-corrected chi connectivity index (χ3v) is 3.24. The van der Waals surface area contributed by atoms with E-state index in [1.54, 1.807) is 23.2 Å². The molecule has 0 spiro atoms. The van der Waals surface area contributed by atoms with Gasteiger partial charge >= 0.3 is 0 Å². The Kier molecular flexibility index (Phi) is 5.10. The van der Waals surface area contributed by atoms with Crippen molar-refractivity contribution in [1.82, 2.24) is 9.88 Å². The van der Waals surface area contributed by atoms with Crippen LogP contribution >= 0.6 is 0 Å². The van der Waals surface area contributed by atoms with E-state index in [1.165, 1.54) is 12.0 Å². The van der Waals surface area contributed by atoms with Crippen molar-refractivity contribution >= 4 is 17.5 Å². The molecule has 0 aliphatic carbocycles. The monoisotopic (exact) mass is 293 g/mol. The highest BCUT2D eigenvalue weighted by atomic mass is 16.5. The van der Waals surface area contributed by atoms with Crippen LogP contribution in [0.1, 0.15) is 6.92 Å². The van der Waals surface area contributed by atoms with Gasteiger partial charge in [0.2, 0.25) is 17.7 Å². The Bertz CT molecular complexity index is 521.